The van der Waals surface area contributed by atoms with Crippen LogP contribution in [-0.4, -0.2) is 32.3 Å². The molecule has 2 rings (SSSR count). The molecule has 0 unspecified atom stereocenters. The Morgan fingerprint density at radius 2 is 2.17 bits per heavy atom. The van der Waals surface area contributed by atoms with Gasteiger partial charge >= 0.3 is 0 Å². The molecule has 1 aliphatic rings. The highest BCUT2D eigenvalue weighted by atomic mass is 32.2. The molecule has 1 aromatic rings. The van der Waals surface area contributed by atoms with Crippen LogP contribution in [0.25, 0.3) is 0 Å². The Hall–Kier alpha value is -0.550. The topological polar surface area (TPSA) is 42.7 Å². The monoisotopic (exact) mass is 268 g/mol. The van der Waals surface area contributed by atoms with Crippen molar-refractivity contribution < 1.29 is 0 Å². The predicted molar refractivity (Wildman–Crippen MR) is 76.7 cm³/mol. The molecule has 0 bridgehead atoms. The molecule has 4 nitrogen and oxygen atoms in total. The minimum absolute atomic E-state index is 0.667. The van der Waals surface area contributed by atoms with E-state index in [1.54, 1.807) is 6.33 Å². The second-order valence-corrected chi connectivity index (χ2v) is 6.13. The lowest BCUT2D eigenvalue weighted by Gasteiger charge is -2.28. The van der Waals surface area contributed by atoms with Gasteiger partial charge in [0, 0.05) is 17.8 Å². The number of aromatic nitrogens is 3. The first kappa shape index (κ1) is 13.9. The van der Waals surface area contributed by atoms with Crippen LogP contribution in [0, 0.1) is 0 Å². The Morgan fingerprint density at radius 3 is 2.83 bits per heavy atom. The summed E-state index contributed by atoms with van der Waals surface area (Å²) in [5, 5.41) is 8.77. The van der Waals surface area contributed by atoms with E-state index in [4.69, 9.17) is 0 Å². The van der Waals surface area contributed by atoms with Crippen molar-refractivity contribution in [2.24, 2.45) is 0 Å². The van der Waals surface area contributed by atoms with E-state index in [-0.39, 0.29) is 0 Å². The van der Waals surface area contributed by atoms with Crippen molar-refractivity contribution in [3.05, 3.63) is 12.2 Å². The zero-order chi connectivity index (χ0) is 12.8. The second-order valence-electron chi connectivity index (χ2n) is 4.99. The molecule has 102 valence electrons. The maximum Gasteiger partial charge on any atom is 0.140 e. The van der Waals surface area contributed by atoms with E-state index in [0.29, 0.717) is 6.04 Å². The number of hydrogen-bond acceptors (Lipinski definition) is 4. The van der Waals surface area contributed by atoms with Gasteiger partial charge in [-0.25, -0.2) is 9.67 Å². The van der Waals surface area contributed by atoms with Gasteiger partial charge < -0.3 is 5.32 Å². The average Bonchev–Trinajstić information content (AvgIpc) is 2.85. The molecule has 1 N–H and O–H groups in total. The summed E-state index contributed by atoms with van der Waals surface area (Å²) >= 11 is 2.02. The van der Waals surface area contributed by atoms with Gasteiger partial charge in [0.2, 0.25) is 0 Å². The van der Waals surface area contributed by atoms with Crippen LogP contribution in [0.15, 0.2) is 6.33 Å². The van der Waals surface area contributed by atoms with Gasteiger partial charge in [0.1, 0.15) is 12.2 Å². The van der Waals surface area contributed by atoms with Crippen LogP contribution < -0.4 is 5.32 Å². The van der Waals surface area contributed by atoms with Crippen LogP contribution in [0.5, 0.6) is 0 Å². The van der Waals surface area contributed by atoms with Crippen molar-refractivity contribution in [3.8, 4) is 0 Å². The lowest BCUT2D eigenvalue weighted by molar-refractivity contribution is 0.371. The molecule has 1 saturated carbocycles. The average molecular weight is 268 g/mol. The first-order chi connectivity index (χ1) is 8.83. The molecule has 0 amide bonds. The van der Waals surface area contributed by atoms with E-state index in [1.165, 1.54) is 25.7 Å². The van der Waals surface area contributed by atoms with Gasteiger partial charge in [-0.15, -0.1) is 0 Å². The molecule has 0 aromatic carbocycles. The van der Waals surface area contributed by atoms with Crippen LogP contribution >= 0.6 is 11.8 Å². The molecule has 0 aliphatic heterocycles. The summed E-state index contributed by atoms with van der Waals surface area (Å²) in [5.74, 6) is 1.07. The fourth-order valence-electron chi connectivity index (χ4n) is 2.56. The van der Waals surface area contributed by atoms with Crippen molar-refractivity contribution in [1.29, 1.82) is 0 Å². The van der Waals surface area contributed by atoms with Gasteiger partial charge in [-0.05, 0) is 38.4 Å². The molecule has 0 spiro atoms. The van der Waals surface area contributed by atoms with Crippen molar-refractivity contribution in [2.45, 2.75) is 63.4 Å². The Morgan fingerprint density at radius 1 is 1.39 bits per heavy atom. The van der Waals surface area contributed by atoms with Crippen molar-refractivity contribution >= 4 is 11.8 Å². The molecule has 1 fully saturated rings. The van der Waals surface area contributed by atoms with Gasteiger partial charge in [0.25, 0.3) is 0 Å². The molecular weight excluding hydrogens is 244 g/mol. The minimum Gasteiger partial charge on any atom is -0.307 e. The maximum absolute atomic E-state index is 4.34. The lowest BCUT2D eigenvalue weighted by Crippen LogP contribution is -2.34. The smallest absolute Gasteiger partial charge is 0.140 e. The normalized spacial score (nSPS) is 24.3. The molecule has 1 aliphatic carbocycles. The molecule has 0 saturated heterocycles. The highest BCUT2D eigenvalue weighted by Crippen LogP contribution is 2.26. The van der Waals surface area contributed by atoms with Crippen LogP contribution in [-0.2, 0) is 13.1 Å². The van der Waals surface area contributed by atoms with Gasteiger partial charge in [0.15, 0.2) is 0 Å². The number of nitrogens with one attached hydrogen (secondary N) is 1. The first-order valence-corrected chi connectivity index (χ1v) is 8.25. The van der Waals surface area contributed by atoms with Gasteiger partial charge in [-0.2, -0.15) is 16.9 Å². The summed E-state index contributed by atoms with van der Waals surface area (Å²) in [6.07, 6.45) is 10.3. The zero-order valence-corrected chi connectivity index (χ0v) is 12.2. The maximum atomic E-state index is 4.34. The summed E-state index contributed by atoms with van der Waals surface area (Å²) in [4.78, 5) is 4.34. The fraction of sp³-hybridized carbons (Fsp3) is 0.846. The summed E-state index contributed by atoms with van der Waals surface area (Å²) in [6.45, 7) is 3.99. The first-order valence-electron chi connectivity index (χ1n) is 6.96. The van der Waals surface area contributed by atoms with Gasteiger partial charge in [0.05, 0.1) is 6.54 Å². The number of aryl methyl sites for hydroxylation is 1. The summed E-state index contributed by atoms with van der Waals surface area (Å²) in [7, 11) is 0. The highest BCUT2D eigenvalue weighted by molar-refractivity contribution is 7.99. The minimum atomic E-state index is 0.667. The van der Waals surface area contributed by atoms with Crippen molar-refractivity contribution in [3.63, 3.8) is 0 Å². The van der Waals surface area contributed by atoms with Crippen LogP contribution in [0.2, 0.25) is 0 Å². The molecule has 18 heavy (non-hydrogen) atoms. The van der Waals surface area contributed by atoms with E-state index in [1.807, 2.05) is 16.4 Å². The van der Waals surface area contributed by atoms with E-state index in [2.05, 4.69) is 28.6 Å². The van der Waals surface area contributed by atoms with E-state index >= 15 is 0 Å². The Balaban J connectivity index is 1.76. The highest BCUT2D eigenvalue weighted by Gasteiger charge is 2.20. The number of hydrogen-bond donors (Lipinski definition) is 1. The fourth-order valence-corrected chi connectivity index (χ4v) is 3.31. The van der Waals surface area contributed by atoms with E-state index in [0.717, 1.165) is 30.6 Å². The summed E-state index contributed by atoms with van der Waals surface area (Å²) in [6, 6.07) is 0.667. The standard InChI is InChI=1S/C13H24N4S/c1-3-8-17-13(15-10-16-17)9-14-11-4-6-12(18-2)7-5-11/h10-12,14H,3-9H2,1-2H3. The number of nitrogens with zero attached hydrogens (tertiary/aromatic N) is 3. The Kier molecular flexibility index (Phi) is 5.50. The molecule has 0 radical (unpaired) electrons. The lowest BCUT2D eigenvalue weighted by atomic mass is 9.95. The molecule has 5 heteroatoms. The molecule has 1 heterocycles. The quantitative estimate of drug-likeness (QED) is 0.860. The second kappa shape index (κ2) is 7.14. The third-order valence-electron chi connectivity index (χ3n) is 3.69. The third-order valence-corrected chi connectivity index (χ3v) is 4.83. The van der Waals surface area contributed by atoms with Crippen LogP contribution in [0.1, 0.15) is 44.9 Å². The van der Waals surface area contributed by atoms with E-state index < -0.39 is 0 Å². The molecular formula is C13H24N4S. The number of rotatable bonds is 6. The van der Waals surface area contributed by atoms with Crippen LogP contribution in [0.4, 0.5) is 0 Å². The van der Waals surface area contributed by atoms with E-state index in [9.17, 15) is 0 Å². The Labute approximate surface area is 114 Å². The van der Waals surface area contributed by atoms with Crippen molar-refractivity contribution in [1.82, 2.24) is 20.1 Å². The third kappa shape index (κ3) is 3.72. The Bertz CT molecular complexity index is 345. The predicted octanol–water partition coefficient (Wildman–Crippen LogP) is 2.45. The van der Waals surface area contributed by atoms with Gasteiger partial charge in [-0.3, -0.25) is 0 Å². The molecule has 1 aromatic heterocycles. The largest absolute Gasteiger partial charge is 0.307 e. The zero-order valence-electron chi connectivity index (χ0n) is 11.4. The van der Waals surface area contributed by atoms with Gasteiger partial charge in [-0.1, -0.05) is 6.92 Å². The van der Waals surface area contributed by atoms with Crippen LogP contribution in [0.3, 0.4) is 0 Å². The summed E-state index contributed by atoms with van der Waals surface area (Å²) < 4.78 is 2.01. The summed E-state index contributed by atoms with van der Waals surface area (Å²) in [5.41, 5.74) is 0. The number of thioether (sulfide) groups is 1. The SMILES string of the molecule is CCCn1ncnc1CNC1CCC(SC)CC1. The van der Waals surface area contributed by atoms with Crippen molar-refractivity contribution in [2.75, 3.05) is 6.26 Å². The molecule has 0 atom stereocenters.